The van der Waals surface area contributed by atoms with Gasteiger partial charge in [0.05, 0.1) is 5.69 Å². The van der Waals surface area contributed by atoms with E-state index in [9.17, 15) is 0 Å². The molecule has 4 heteroatoms. The molecule has 1 aromatic rings. The van der Waals surface area contributed by atoms with Crippen LogP contribution < -0.4 is 10.6 Å². The average Bonchev–Trinajstić information content (AvgIpc) is 2.08. The summed E-state index contributed by atoms with van der Waals surface area (Å²) in [6.45, 7) is 4.78. The molecular weight excluding hydrogens is 242 g/mol. The van der Waals surface area contributed by atoms with Crippen molar-refractivity contribution in [1.29, 1.82) is 0 Å². The molecule has 1 atom stereocenters. The fourth-order valence-electron chi connectivity index (χ4n) is 1.27. The van der Waals surface area contributed by atoms with Gasteiger partial charge in [-0.1, -0.05) is 0 Å². The molecule has 1 rings (SSSR count). The number of aromatic nitrogens is 1. The van der Waals surface area contributed by atoms with Crippen molar-refractivity contribution in [3.8, 4) is 0 Å². The Balaban J connectivity index is 2.80. The standard InChI is InChI=1S/C10H16BrN3/c1-7(12)6-14(3)10-5-4-9(11)8(2)13-10/h4-5,7H,6,12H2,1-3H3. The van der Waals surface area contributed by atoms with Gasteiger partial charge in [-0.25, -0.2) is 4.98 Å². The van der Waals surface area contributed by atoms with Gasteiger partial charge in [-0.3, -0.25) is 0 Å². The van der Waals surface area contributed by atoms with Crippen molar-refractivity contribution in [3.05, 3.63) is 22.3 Å². The highest BCUT2D eigenvalue weighted by molar-refractivity contribution is 9.10. The van der Waals surface area contributed by atoms with Crippen LogP contribution in [0.1, 0.15) is 12.6 Å². The molecule has 2 N–H and O–H groups in total. The van der Waals surface area contributed by atoms with Crippen molar-refractivity contribution >= 4 is 21.7 Å². The van der Waals surface area contributed by atoms with Gasteiger partial charge in [0.25, 0.3) is 0 Å². The summed E-state index contributed by atoms with van der Waals surface area (Å²) in [5.41, 5.74) is 6.72. The van der Waals surface area contributed by atoms with E-state index in [1.165, 1.54) is 0 Å². The Morgan fingerprint density at radius 2 is 2.21 bits per heavy atom. The lowest BCUT2D eigenvalue weighted by atomic mass is 10.3. The fourth-order valence-corrected chi connectivity index (χ4v) is 1.49. The number of hydrogen-bond donors (Lipinski definition) is 1. The minimum Gasteiger partial charge on any atom is -0.358 e. The van der Waals surface area contributed by atoms with Crippen molar-refractivity contribution in [3.63, 3.8) is 0 Å². The van der Waals surface area contributed by atoms with Crippen molar-refractivity contribution in [2.24, 2.45) is 5.73 Å². The molecule has 0 saturated carbocycles. The van der Waals surface area contributed by atoms with Gasteiger partial charge in [0.2, 0.25) is 0 Å². The molecule has 0 aliphatic heterocycles. The zero-order chi connectivity index (χ0) is 10.7. The summed E-state index contributed by atoms with van der Waals surface area (Å²) in [5.74, 6) is 0.961. The van der Waals surface area contributed by atoms with E-state index < -0.39 is 0 Å². The first-order chi connectivity index (χ1) is 6.50. The largest absolute Gasteiger partial charge is 0.358 e. The van der Waals surface area contributed by atoms with Crippen molar-refractivity contribution in [1.82, 2.24) is 4.98 Å². The van der Waals surface area contributed by atoms with Crippen LogP contribution in [-0.4, -0.2) is 24.6 Å². The Morgan fingerprint density at radius 1 is 1.57 bits per heavy atom. The van der Waals surface area contributed by atoms with Crippen LogP contribution in [0.5, 0.6) is 0 Å². The van der Waals surface area contributed by atoms with Gasteiger partial charge in [0.1, 0.15) is 5.82 Å². The molecule has 0 bridgehead atoms. The highest BCUT2D eigenvalue weighted by atomic mass is 79.9. The molecule has 0 fully saturated rings. The van der Waals surface area contributed by atoms with Crippen LogP contribution >= 0.6 is 15.9 Å². The van der Waals surface area contributed by atoms with Gasteiger partial charge in [0.15, 0.2) is 0 Å². The zero-order valence-corrected chi connectivity index (χ0v) is 10.4. The molecule has 0 saturated heterocycles. The second kappa shape index (κ2) is 4.75. The number of nitrogens with zero attached hydrogens (tertiary/aromatic N) is 2. The van der Waals surface area contributed by atoms with Gasteiger partial charge in [-0.15, -0.1) is 0 Å². The molecule has 0 aliphatic rings. The van der Waals surface area contributed by atoms with E-state index in [-0.39, 0.29) is 6.04 Å². The van der Waals surface area contributed by atoms with E-state index in [4.69, 9.17) is 5.73 Å². The summed E-state index contributed by atoms with van der Waals surface area (Å²) in [4.78, 5) is 6.51. The summed E-state index contributed by atoms with van der Waals surface area (Å²) >= 11 is 3.42. The van der Waals surface area contributed by atoms with Crippen LogP contribution in [0, 0.1) is 6.92 Å². The molecular formula is C10H16BrN3. The summed E-state index contributed by atoms with van der Waals surface area (Å²) in [7, 11) is 2.00. The Morgan fingerprint density at radius 3 is 2.71 bits per heavy atom. The summed E-state index contributed by atoms with van der Waals surface area (Å²) in [6.07, 6.45) is 0. The monoisotopic (exact) mass is 257 g/mol. The molecule has 14 heavy (non-hydrogen) atoms. The fraction of sp³-hybridized carbons (Fsp3) is 0.500. The minimum atomic E-state index is 0.158. The maximum absolute atomic E-state index is 5.72. The van der Waals surface area contributed by atoms with Crippen LogP contribution in [0.15, 0.2) is 16.6 Å². The zero-order valence-electron chi connectivity index (χ0n) is 8.79. The third-order valence-electron chi connectivity index (χ3n) is 1.96. The van der Waals surface area contributed by atoms with E-state index in [0.29, 0.717) is 0 Å². The topological polar surface area (TPSA) is 42.2 Å². The van der Waals surface area contributed by atoms with Crippen molar-refractivity contribution < 1.29 is 0 Å². The number of halogens is 1. The lowest BCUT2D eigenvalue weighted by Gasteiger charge is -2.20. The SMILES string of the molecule is Cc1nc(N(C)CC(C)N)ccc1Br. The lowest BCUT2D eigenvalue weighted by Crippen LogP contribution is -2.33. The minimum absolute atomic E-state index is 0.158. The maximum atomic E-state index is 5.72. The van der Waals surface area contributed by atoms with Gasteiger partial charge in [-0.05, 0) is 41.9 Å². The number of hydrogen-bond acceptors (Lipinski definition) is 3. The highest BCUT2D eigenvalue weighted by Gasteiger charge is 2.05. The summed E-state index contributed by atoms with van der Waals surface area (Å²) < 4.78 is 1.04. The first-order valence-corrected chi connectivity index (χ1v) is 5.40. The molecule has 1 unspecified atom stereocenters. The van der Waals surface area contributed by atoms with E-state index in [0.717, 1.165) is 22.5 Å². The van der Waals surface area contributed by atoms with Crippen LogP contribution in [-0.2, 0) is 0 Å². The number of pyridine rings is 1. The molecule has 0 aliphatic carbocycles. The summed E-state index contributed by atoms with van der Waals surface area (Å²) in [6, 6.07) is 4.15. The number of anilines is 1. The van der Waals surface area contributed by atoms with Crippen molar-refractivity contribution in [2.45, 2.75) is 19.9 Å². The first-order valence-electron chi connectivity index (χ1n) is 4.60. The second-order valence-corrected chi connectivity index (χ2v) is 4.45. The molecule has 1 heterocycles. The van der Waals surface area contributed by atoms with Crippen LogP contribution in [0.2, 0.25) is 0 Å². The molecule has 0 aromatic carbocycles. The number of rotatable bonds is 3. The molecule has 1 aromatic heterocycles. The third-order valence-corrected chi connectivity index (χ3v) is 2.80. The van der Waals surface area contributed by atoms with Gasteiger partial charge >= 0.3 is 0 Å². The molecule has 0 radical (unpaired) electrons. The van der Waals surface area contributed by atoms with Gasteiger partial charge in [-0.2, -0.15) is 0 Å². The number of nitrogens with two attached hydrogens (primary N) is 1. The summed E-state index contributed by atoms with van der Waals surface area (Å²) in [5, 5.41) is 0. The second-order valence-electron chi connectivity index (χ2n) is 3.59. The quantitative estimate of drug-likeness (QED) is 0.900. The lowest BCUT2D eigenvalue weighted by molar-refractivity contribution is 0.711. The molecule has 0 amide bonds. The van der Waals surface area contributed by atoms with Crippen molar-refractivity contribution in [2.75, 3.05) is 18.5 Å². The average molecular weight is 258 g/mol. The Hall–Kier alpha value is -0.610. The van der Waals surface area contributed by atoms with E-state index in [1.807, 2.05) is 33.0 Å². The third kappa shape index (κ3) is 2.96. The van der Waals surface area contributed by atoms with E-state index in [1.54, 1.807) is 0 Å². The van der Waals surface area contributed by atoms with Crippen LogP contribution in [0.4, 0.5) is 5.82 Å². The number of likely N-dealkylation sites (N-methyl/N-ethyl adjacent to an activating group) is 1. The Kier molecular flexibility index (Phi) is 3.89. The van der Waals surface area contributed by atoms with Gasteiger partial charge < -0.3 is 10.6 Å². The van der Waals surface area contributed by atoms with E-state index in [2.05, 4.69) is 25.8 Å². The Labute approximate surface area is 93.4 Å². The molecule has 78 valence electrons. The predicted molar refractivity (Wildman–Crippen MR) is 63.6 cm³/mol. The van der Waals surface area contributed by atoms with Gasteiger partial charge in [0, 0.05) is 24.1 Å². The predicted octanol–water partition coefficient (Wildman–Crippen LogP) is 1.94. The Bertz CT molecular complexity index is 312. The molecule has 3 nitrogen and oxygen atoms in total. The maximum Gasteiger partial charge on any atom is 0.128 e. The number of aryl methyl sites for hydroxylation is 1. The first kappa shape index (κ1) is 11.5. The van der Waals surface area contributed by atoms with Crippen LogP contribution in [0.25, 0.3) is 0 Å². The van der Waals surface area contributed by atoms with Crippen LogP contribution in [0.3, 0.4) is 0 Å². The highest BCUT2D eigenvalue weighted by Crippen LogP contribution is 2.18. The van der Waals surface area contributed by atoms with E-state index >= 15 is 0 Å². The molecule has 0 spiro atoms. The normalized spacial score (nSPS) is 12.6. The smallest absolute Gasteiger partial charge is 0.128 e.